The summed E-state index contributed by atoms with van der Waals surface area (Å²) in [5.41, 5.74) is -0.323. The van der Waals surface area contributed by atoms with E-state index in [2.05, 4.69) is 0 Å². The zero-order valence-electron chi connectivity index (χ0n) is 12.2. The zero-order chi connectivity index (χ0) is 14.8. The Hall–Kier alpha value is -1.10. The monoisotopic (exact) mass is 283 g/mol. The Kier molecular flexibility index (Phi) is 4.68. The predicted molar refractivity (Wildman–Crippen MR) is 74.1 cm³/mol. The molecule has 2 aliphatic carbocycles. The molecule has 0 heterocycles. The molecule has 0 bridgehead atoms. The lowest BCUT2D eigenvalue weighted by Crippen LogP contribution is -2.41. The fourth-order valence-electron chi connectivity index (χ4n) is 3.66. The molecular weight excluding hydrogens is 258 g/mol. The Balaban J connectivity index is 1.86. The fourth-order valence-corrected chi connectivity index (χ4v) is 3.66. The third-order valence-corrected chi connectivity index (χ3v) is 4.89. The molecule has 0 spiro atoms. The highest BCUT2D eigenvalue weighted by atomic mass is 16.4. The molecule has 0 aromatic rings. The molecule has 0 aromatic carbocycles. The van der Waals surface area contributed by atoms with Gasteiger partial charge in [0.25, 0.3) is 0 Å². The molecule has 20 heavy (non-hydrogen) atoms. The molecule has 2 N–H and O–H groups in total. The van der Waals surface area contributed by atoms with Crippen LogP contribution in [-0.4, -0.2) is 46.7 Å². The fraction of sp³-hybridized carbons (Fsp3) is 0.867. The minimum atomic E-state index is -0.801. The van der Waals surface area contributed by atoms with Gasteiger partial charge in [0, 0.05) is 20.0 Å². The van der Waals surface area contributed by atoms with Gasteiger partial charge < -0.3 is 15.1 Å². The summed E-state index contributed by atoms with van der Waals surface area (Å²) in [6.45, 7) is 0.680. The Morgan fingerprint density at radius 3 is 2.30 bits per heavy atom. The first-order valence-corrected chi connectivity index (χ1v) is 7.54. The molecule has 0 atom stereocenters. The van der Waals surface area contributed by atoms with Crippen LogP contribution in [0.3, 0.4) is 0 Å². The van der Waals surface area contributed by atoms with Crippen LogP contribution >= 0.6 is 0 Å². The van der Waals surface area contributed by atoms with Gasteiger partial charge in [0.05, 0.1) is 12.5 Å². The van der Waals surface area contributed by atoms with E-state index in [1.54, 1.807) is 11.9 Å². The van der Waals surface area contributed by atoms with Crippen LogP contribution in [0.4, 0.5) is 0 Å². The minimum absolute atomic E-state index is 0.0505. The summed E-state index contributed by atoms with van der Waals surface area (Å²) in [6.07, 6.45) is 5.56. The zero-order valence-corrected chi connectivity index (χ0v) is 12.2. The van der Waals surface area contributed by atoms with Gasteiger partial charge in [-0.15, -0.1) is 0 Å². The standard InChI is InChI=1S/C15H25NO4/c1-16(10-11-6-12(17)7-11)13(18)8-15(9-14(19)20)4-2-3-5-15/h11-12,17H,2-10H2,1H3,(H,19,20). The van der Waals surface area contributed by atoms with E-state index in [1.807, 2.05) is 0 Å². The van der Waals surface area contributed by atoms with Crippen LogP contribution in [0.1, 0.15) is 51.4 Å². The first-order chi connectivity index (χ1) is 9.40. The maximum Gasteiger partial charge on any atom is 0.303 e. The molecule has 1 amide bonds. The summed E-state index contributed by atoms with van der Waals surface area (Å²) in [5, 5.41) is 18.3. The predicted octanol–water partition coefficient (Wildman–Crippen LogP) is 1.64. The lowest BCUT2D eigenvalue weighted by Gasteiger charge is -2.36. The number of aliphatic hydroxyl groups excluding tert-OH is 1. The summed E-state index contributed by atoms with van der Waals surface area (Å²) in [6, 6.07) is 0. The molecule has 0 aromatic heterocycles. The maximum atomic E-state index is 12.3. The van der Waals surface area contributed by atoms with Gasteiger partial charge in [0.2, 0.25) is 5.91 Å². The van der Waals surface area contributed by atoms with Gasteiger partial charge in [-0.2, -0.15) is 0 Å². The van der Waals surface area contributed by atoms with E-state index in [-0.39, 0.29) is 23.8 Å². The Morgan fingerprint density at radius 1 is 1.20 bits per heavy atom. The maximum absolute atomic E-state index is 12.3. The number of nitrogens with zero attached hydrogens (tertiary/aromatic N) is 1. The van der Waals surface area contributed by atoms with Crippen LogP contribution in [0.15, 0.2) is 0 Å². The van der Waals surface area contributed by atoms with Gasteiger partial charge in [0.15, 0.2) is 0 Å². The molecule has 2 aliphatic rings. The van der Waals surface area contributed by atoms with Crippen molar-refractivity contribution in [2.75, 3.05) is 13.6 Å². The molecule has 0 saturated heterocycles. The molecule has 0 unspecified atom stereocenters. The molecule has 5 heteroatoms. The second-order valence-electron chi connectivity index (χ2n) is 6.72. The van der Waals surface area contributed by atoms with E-state index < -0.39 is 5.97 Å². The second-order valence-corrected chi connectivity index (χ2v) is 6.72. The molecule has 0 aliphatic heterocycles. The van der Waals surface area contributed by atoms with Crippen LogP contribution < -0.4 is 0 Å². The lowest BCUT2D eigenvalue weighted by atomic mass is 9.78. The highest BCUT2D eigenvalue weighted by Gasteiger charge is 2.39. The summed E-state index contributed by atoms with van der Waals surface area (Å²) in [5.74, 6) is -0.350. The highest BCUT2D eigenvalue weighted by molar-refractivity contribution is 5.78. The van der Waals surface area contributed by atoms with Crippen molar-refractivity contribution >= 4 is 11.9 Å². The minimum Gasteiger partial charge on any atom is -0.481 e. The first-order valence-electron chi connectivity index (χ1n) is 7.54. The lowest BCUT2D eigenvalue weighted by molar-refractivity contribution is -0.141. The average Bonchev–Trinajstić information content (AvgIpc) is 2.74. The van der Waals surface area contributed by atoms with Crippen LogP contribution in [0, 0.1) is 11.3 Å². The largest absolute Gasteiger partial charge is 0.481 e. The summed E-state index contributed by atoms with van der Waals surface area (Å²) >= 11 is 0. The Bertz CT molecular complexity index is 370. The van der Waals surface area contributed by atoms with Gasteiger partial charge in [0.1, 0.15) is 0 Å². The number of amides is 1. The molecule has 0 radical (unpaired) electrons. The molecule has 2 rings (SSSR count). The van der Waals surface area contributed by atoms with Crippen molar-refractivity contribution in [1.82, 2.24) is 4.90 Å². The number of hydrogen-bond acceptors (Lipinski definition) is 3. The Morgan fingerprint density at radius 2 is 1.80 bits per heavy atom. The third kappa shape index (κ3) is 3.72. The van der Waals surface area contributed by atoms with Crippen molar-refractivity contribution in [3.63, 3.8) is 0 Å². The number of carboxylic acids is 1. The van der Waals surface area contributed by atoms with Gasteiger partial charge in [-0.25, -0.2) is 0 Å². The van der Waals surface area contributed by atoms with Crippen molar-refractivity contribution in [2.24, 2.45) is 11.3 Å². The van der Waals surface area contributed by atoms with E-state index >= 15 is 0 Å². The van der Waals surface area contributed by atoms with Crippen molar-refractivity contribution < 1.29 is 19.8 Å². The van der Waals surface area contributed by atoms with Gasteiger partial charge in [-0.05, 0) is 37.0 Å². The quantitative estimate of drug-likeness (QED) is 0.777. The number of carbonyl (C=O) groups is 2. The smallest absolute Gasteiger partial charge is 0.303 e. The molecule has 2 fully saturated rings. The topological polar surface area (TPSA) is 77.8 Å². The van der Waals surface area contributed by atoms with E-state index in [0.29, 0.717) is 18.9 Å². The van der Waals surface area contributed by atoms with Crippen molar-refractivity contribution in [2.45, 2.75) is 57.5 Å². The second kappa shape index (κ2) is 6.12. The SMILES string of the molecule is CN(CC1CC(O)C1)C(=O)CC1(CC(=O)O)CCCC1. The summed E-state index contributed by atoms with van der Waals surface area (Å²) < 4.78 is 0. The summed E-state index contributed by atoms with van der Waals surface area (Å²) in [4.78, 5) is 25.1. The molecule has 114 valence electrons. The number of carbonyl (C=O) groups excluding carboxylic acids is 1. The molecular formula is C15H25NO4. The van der Waals surface area contributed by atoms with Gasteiger partial charge in [-0.1, -0.05) is 12.8 Å². The van der Waals surface area contributed by atoms with E-state index in [0.717, 1.165) is 38.5 Å². The van der Waals surface area contributed by atoms with E-state index in [9.17, 15) is 14.7 Å². The number of carboxylic acid groups (broad SMARTS) is 1. The average molecular weight is 283 g/mol. The van der Waals surface area contributed by atoms with Crippen LogP contribution in [0.25, 0.3) is 0 Å². The van der Waals surface area contributed by atoms with Gasteiger partial charge >= 0.3 is 5.97 Å². The van der Waals surface area contributed by atoms with Crippen LogP contribution in [0.2, 0.25) is 0 Å². The van der Waals surface area contributed by atoms with E-state index in [1.165, 1.54) is 0 Å². The van der Waals surface area contributed by atoms with E-state index in [4.69, 9.17) is 5.11 Å². The van der Waals surface area contributed by atoms with Crippen molar-refractivity contribution in [3.8, 4) is 0 Å². The van der Waals surface area contributed by atoms with Crippen molar-refractivity contribution in [1.29, 1.82) is 0 Å². The number of aliphatic hydroxyl groups is 1. The van der Waals surface area contributed by atoms with Crippen LogP contribution in [0.5, 0.6) is 0 Å². The third-order valence-electron chi connectivity index (χ3n) is 4.89. The number of rotatable bonds is 6. The summed E-state index contributed by atoms with van der Waals surface area (Å²) in [7, 11) is 1.79. The normalized spacial score (nSPS) is 27.9. The number of aliphatic carboxylic acids is 1. The highest BCUT2D eigenvalue weighted by Crippen LogP contribution is 2.44. The van der Waals surface area contributed by atoms with Crippen molar-refractivity contribution in [3.05, 3.63) is 0 Å². The molecule has 2 saturated carbocycles. The Labute approximate surface area is 120 Å². The molecule has 5 nitrogen and oxygen atoms in total. The van der Waals surface area contributed by atoms with Gasteiger partial charge in [-0.3, -0.25) is 9.59 Å². The number of hydrogen-bond donors (Lipinski definition) is 2. The van der Waals surface area contributed by atoms with Crippen LogP contribution in [-0.2, 0) is 9.59 Å². The first kappa shape index (κ1) is 15.3.